The summed E-state index contributed by atoms with van der Waals surface area (Å²) in [4.78, 5) is 8.28. The molecule has 1 aromatic rings. The molecule has 0 aromatic carbocycles. The van der Waals surface area contributed by atoms with E-state index in [1.807, 2.05) is 0 Å². The minimum absolute atomic E-state index is 0.139. The zero-order valence-electron chi connectivity index (χ0n) is 12.7. The summed E-state index contributed by atoms with van der Waals surface area (Å²) in [5.41, 5.74) is 6.26. The first-order chi connectivity index (χ1) is 9.10. The highest BCUT2D eigenvalue weighted by Crippen LogP contribution is 2.43. The summed E-state index contributed by atoms with van der Waals surface area (Å²) in [5.74, 6) is 1.08. The Labute approximate surface area is 127 Å². The largest absolute Gasteiger partial charge is 0.418 e. The molecule has 2 rings (SSSR count). The summed E-state index contributed by atoms with van der Waals surface area (Å²) in [5, 5.41) is 3.94. The Bertz CT molecular complexity index is 516. The van der Waals surface area contributed by atoms with E-state index in [1.54, 1.807) is 0 Å². The van der Waals surface area contributed by atoms with Gasteiger partial charge in [-0.1, -0.05) is 32.4 Å². The zero-order valence-corrected chi connectivity index (χ0v) is 14.9. The third kappa shape index (κ3) is 3.24. The van der Waals surface area contributed by atoms with Crippen molar-refractivity contribution in [2.75, 3.05) is 17.6 Å². The van der Waals surface area contributed by atoms with Crippen molar-refractivity contribution in [2.24, 2.45) is 0 Å². The van der Waals surface area contributed by atoms with Crippen molar-refractivity contribution < 1.29 is 4.43 Å². The monoisotopic (exact) mass is 314 g/mol. The summed E-state index contributed by atoms with van der Waals surface area (Å²) in [6, 6.07) is 0. The highest BCUT2D eigenvalue weighted by atomic mass is 35.5. The molecule has 1 aliphatic rings. The van der Waals surface area contributed by atoms with Crippen LogP contribution in [0.1, 0.15) is 46.1 Å². The Morgan fingerprint density at radius 3 is 2.55 bits per heavy atom. The van der Waals surface area contributed by atoms with Gasteiger partial charge in [0.2, 0.25) is 5.95 Å². The highest BCUT2D eigenvalue weighted by molar-refractivity contribution is 6.32. The third-order valence-corrected chi connectivity index (χ3v) is 5.50. The van der Waals surface area contributed by atoms with Crippen LogP contribution in [0.3, 0.4) is 0 Å². The summed E-state index contributed by atoms with van der Waals surface area (Å²) in [7, 11) is -0.645. The minimum Gasteiger partial charge on any atom is -0.418 e. The van der Waals surface area contributed by atoms with E-state index in [9.17, 15) is 0 Å². The van der Waals surface area contributed by atoms with Crippen molar-refractivity contribution in [1.82, 2.24) is 9.97 Å². The van der Waals surface area contributed by atoms with Gasteiger partial charge in [-0.3, -0.25) is 0 Å². The van der Waals surface area contributed by atoms with Crippen molar-refractivity contribution in [3.8, 4) is 0 Å². The standard InChI is InChI=1S/C13H23ClN4OSi/c1-12(2,3)20-19-13(4,5)7-6-16-10-8(7)9(14)17-11(15)18-10/h7H,6,20H2,1-5H3,(H3,15,16,17,18). The van der Waals surface area contributed by atoms with E-state index in [2.05, 4.69) is 49.9 Å². The van der Waals surface area contributed by atoms with Crippen molar-refractivity contribution >= 4 is 33.1 Å². The van der Waals surface area contributed by atoms with Crippen LogP contribution in [0.25, 0.3) is 0 Å². The van der Waals surface area contributed by atoms with Gasteiger partial charge in [0, 0.05) is 18.0 Å². The molecule has 2 heterocycles. The molecule has 0 amide bonds. The number of anilines is 2. The van der Waals surface area contributed by atoms with Gasteiger partial charge in [0.15, 0.2) is 9.76 Å². The number of halogens is 1. The predicted octanol–water partition coefficient (Wildman–Crippen LogP) is 2.32. The molecule has 1 aromatic heterocycles. The molecule has 0 spiro atoms. The van der Waals surface area contributed by atoms with E-state index in [4.69, 9.17) is 21.8 Å². The lowest BCUT2D eigenvalue weighted by molar-refractivity contribution is 0.0844. The van der Waals surface area contributed by atoms with Crippen LogP contribution >= 0.6 is 11.6 Å². The number of nitrogens with two attached hydrogens (primary N) is 1. The highest BCUT2D eigenvalue weighted by Gasteiger charge is 2.40. The minimum atomic E-state index is -0.645. The Morgan fingerprint density at radius 2 is 1.95 bits per heavy atom. The second-order valence-electron chi connectivity index (χ2n) is 7.02. The van der Waals surface area contributed by atoms with Crippen LogP contribution in [0.4, 0.5) is 11.8 Å². The fourth-order valence-corrected chi connectivity index (χ4v) is 3.61. The number of hydrogen-bond donors (Lipinski definition) is 2. The van der Waals surface area contributed by atoms with Gasteiger partial charge < -0.3 is 15.5 Å². The first-order valence-electron chi connectivity index (χ1n) is 6.81. The van der Waals surface area contributed by atoms with Crippen molar-refractivity contribution in [1.29, 1.82) is 0 Å². The number of fused-ring (bicyclic) bond motifs is 1. The quantitative estimate of drug-likeness (QED) is 0.661. The van der Waals surface area contributed by atoms with Crippen LogP contribution in [0, 0.1) is 0 Å². The molecule has 0 saturated carbocycles. The van der Waals surface area contributed by atoms with Crippen LogP contribution in [-0.2, 0) is 4.43 Å². The molecule has 1 unspecified atom stereocenters. The predicted molar refractivity (Wildman–Crippen MR) is 86.1 cm³/mol. The Hall–Kier alpha value is -0.853. The molecule has 112 valence electrons. The Balaban J connectivity index is 2.24. The fourth-order valence-electron chi connectivity index (χ4n) is 2.30. The zero-order chi connectivity index (χ0) is 15.1. The van der Waals surface area contributed by atoms with Crippen LogP contribution < -0.4 is 11.1 Å². The lowest BCUT2D eigenvalue weighted by Crippen LogP contribution is -2.37. The maximum Gasteiger partial charge on any atom is 0.223 e. The molecule has 0 aliphatic carbocycles. The van der Waals surface area contributed by atoms with Gasteiger partial charge in [-0.15, -0.1) is 0 Å². The van der Waals surface area contributed by atoms with Crippen LogP contribution in [0.2, 0.25) is 10.2 Å². The molecular weight excluding hydrogens is 292 g/mol. The normalized spacial score (nSPS) is 19.4. The van der Waals surface area contributed by atoms with E-state index in [0.29, 0.717) is 5.15 Å². The van der Waals surface area contributed by atoms with Gasteiger partial charge >= 0.3 is 0 Å². The summed E-state index contributed by atoms with van der Waals surface area (Å²) in [6.45, 7) is 11.6. The smallest absolute Gasteiger partial charge is 0.223 e. The molecule has 7 heteroatoms. The van der Waals surface area contributed by atoms with Gasteiger partial charge in [-0.25, -0.2) is 4.98 Å². The number of nitrogens with zero attached hydrogens (tertiary/aromatic N) is 2. The maximum atomic E-state index is 6.27. The molecule has 20 heavy (non-hydrogen) atoms. The van der Waals surface area contributed by atoms with Gasteiger partial charge in [0.1, 0.15) is 11.0 Å². The number of rotatable bonds is 3. The summed E-state index contributed by atoms with van der Waals surface area (Å²) < 4.78 is 6.27. The van der Waals surface area contributed by atoms with Crippen LogP contribution in [-0.4, -0.2) is 31.9 Å². The van der Waals surface area contributed by atoms with E-state index in [0.717, 1.165) is 17.9 Å². The average Bonchev–Trinajstić information content (AvgIpc) is 2.70. The molecule has 0 fully saturated rings. The number of nitrogen functional groups attached to an aromatic ring is 1. The maximum absolute atomic E-state index is 6.27. The first-order valence-corrected chi connectivity index (χ1v) is 8.47. The van der Waals surface area contributed by atoms with E-state index in [1.165, 1.54) is 0 Å². The van der Waals surface area contributed by atoms with E-state index in [-0.39, 0.29) is 22.5 Å². The third-order valence-electron chi connectivity index (χ3n) is 3.45. The van der Waals surface area contributed by atoms with Crippen molar-refractivity contribution in [3.63, 3.8) is 0 Å². The molecular formula is C13H23ClN4OSi. The lowest BCUT2D eigenvalue weighted by Gasteiger charge is -2.35. The number of hydrogen-bond acceptors (Lipinski definition) is 5. The number of aromatic nitrogens is 2. The molecule has 3 N–H and O–H groups in total. The fraction of sp³-hybridized carbons (Fsp3) is 0.692. The molecule has 0 radical (unpaired) electrons. The lowest BCUT2D eigenvalue weighted by atomic mass is 9.88. The molecule has 1 atom stereocenters. The topological polar surface area (TPSA) is 73.1 Å². The molecule has 0 bridgehead atoms. The van der Waals surface area contributed by atoms with Crippen molar-refractivity contribution in [2.45, 2.75) is 51.2 Å². The molecule has 0 saturated heterocycles. The summed E-state index contributed by atoms with van der Waals surface area (Å²) >= 11 is 6.25. The second kappa shape index (κ2) is 5.16. The van der Waals surface area contributed by atoms with Gasteiger partial charge in [0.05, 0.1) is 5.60 Å². The second-order valence-corrected chi connectivity index (χ2v) is 10.1. The van der Waals surface area contributed by atoms with Gasteiger partial charge in [0.25, 0.3) is 0 Å². The molecule has 1 aliphatic heterocycles. The van der Waals surface area contributed by atoms with E-state index < -0.39 is 9.76 Å². The van der Waals surface area contributed by atoms with Gasteiger partial charge in [-0.2, -0.15) is 4.98 Å². The summed E-state index contributed by atoms with van der Waals surface area (Å²) in [6.07, 6.45) is 0. The Kier molecular flexibility index (Phi) is 4.01. The average molecular weight is 315 g/mol. The van der Waals surface area contributed by atoms with Crippen LogP contribution in [0.15, 0.2) is 0 Å². The van der Waals surface area contributed by atoms with Crippen molar-refractivity contribution in [3.05, 3.63) is 10.7 Å². The number of nitrogens with one attached hydrogen (secondary N) is 1. The van der Waals surface area contributed by atoms with Gasteiger partial charge in [-0.05, 0) is 18.9 Å². The van der Waals surface area contributed by atoms with E-state index >= 15 is 0 Å². The first kappa shape index (κ1) is 15.5. The SMILES string of the molecule is CC(C)(C)[SiH2]OC(C)(C)C1CNc2nc(N)nc(Cl)c21. The molecule has 5 nitrogen and oxygen atoms in total. The van der Waals surface area contributed by atoms with Crippen LogP contribution in [0.5, 0.6) is 0 Å². The Morgan fingerprint density at radius 1 is 1.30 bits per heavy atom.